The van der Waals surface area contributed by atoms with Crippen LogP contribution in [0.25, 0.3) is 0 Å². The molecular formula is C15H22N2O. The van der Waals surface area contributed by atoms with Crippen LogP contribution in [-0.4, -0.2) is 30.4 Å². The molecule has 3 nitrogen and oxygen atoms in total. The summed E-state index contributed by atoms with van der Waals surface area (Å²) < 4.78 is 0. The molecule has 1 N–H and O–H groups in total. The summed E-state index contributed by atoms with van der Waals surface area (Å²) in [5.74, 6) is 0.219. The molecule has 0 aliphatic carbocycles. The molecule has 0 spiro atoms. The Morgan fingerprint density at radius 1 is 1.28 bits per heavy atom. The molecule has 0 radical (unpaired) electrons. The van der Waals surface area contributed by atoms with E-state index in [1.165, 1.54) is 12.0 Å². The van der Waals surface area contributed by atoms with E-state index >= 15 is 0 Å². The van der Waals surface area contributed by atoms with Gasteiger partial charge in [0.2, 0.25) is 5.91 Å². The van der Waals surface area contributed by atoms with Gasteiger partial charge in [-0.15, -0.1) is 0 Å². The Hall–Kier alpha value is -1.51. The molecule has 18 heavy (non-hydrogen) atoms. The van der Waals surface area contributed by atoms with Crippen LogP contribution >= 0.6 is 0 Å². The molecule has 1 amide bonds. The highest BCUT2D eigenvalue weighted by atomic mass is 16.2. The van der Waals surface area contributed by atoms with Crippen molar-refractivity contribution in [3.05, 3.63) is 29.8 Å². The van der Waals surface area contributed by atoms with Crippen molar-refractivity contribution in [3.63, 3.8) is 0 Å². The summed E-state index contributed by atoms with van der Waals surface area (Å²) in [7, 11) is 0. The monoisotopic (exact) mass is 246 g/mol. The summed E-state index contributed by atoms with van der Waals surface area (Å²) in [6, 6.07) is 8.27. The predicted molar refractivity (Wildman–Crippen MR) is 74.7 cm³/mol. The van der Waals surface area contributed by atoms with Crippen molar-refractivity contribution in [2.75, 3.05) is 25.0 Å². The average Bonchev–Trinajstić information content (AvgIpc) is 2.46. The number of rotatable bonds is 4. The molecule has 98 valence electrons. The van der Waals surface area contributed by atoms with Crippen LogP contribution in [0.1, 0.15) is 31.7 Å². The smallest absolute Gasteiger partial charge is 0.241 e. The van der Waals surface area contributed by atoms with Crippen molar-refractivity contribution < 1.29 is 4.79 Å². The van der Waals surface area contributed by atoms with Crippen LogP contribution in [0.5, 0.6) is 0 Å². The Kier molecular flexibility index (Phi) is 4.62. The number of carbonyl (C=O) groups excluding carboxylic acids is 1. The predicted octanol–water partition coefficient (Wildman–Crippen LogP) is 2.67. The molecule has 0 aromatic heterocycles. The van der Waals surface area contributed by atoms with E-state index < -0.39 is 0 Å². The van der Waals surface area contributed by atoms with Gasteiger partial charge in [0.05, 0.1) is 6.54 Å². The number of hydrogen-bond donors (Lipinski definition) is 1. The zero-order chi connectivity index (χ0) is 12.8. The second kappa shape index (κ2) is 6.43. The minimum atomic E-state index is 0.219. The Balaban J connectivity index is 1.84. The number of nitrogens with one attached hydrogen (secondary N) is 1. The van der Waals surface area contributed by atoms with Gasteiger partial charge in [-0.3, -0.25) is 4.79 Å². The summed E-state index contributed by atoms with van der Waals surface area (Å²) in [5, 5.41) is 3.23. The molecule has 1 aromatic rings. The van der Waals surface area contributed by atoms with Crippen molar-refractivity contribution in [1.29, 1.82) is 0 Å². The van der Waals surface area contributed by atoms with Crippen LogP contribution < -0.4 is 5.32 Å². The van der Waals surface area contributed by atoms with Crippen LogP contribution in [0.4, 0.5) is 5.69 Å². The fraction of sp³-hybridized carbons (Fsp3) is 0.533. The lowest BCUT2D eigenvalue weighted by molar-refractivity contribution is -0.130. The van der Waals surface area contributed by atoms with E-state index in [2.05, 4.69) is 24.4 Å². The zero-order valence-electron chi connectivity index (χ0n) is 11.1. The number of amides is 1. The SMILES string of the molecule is CCc1cccc(NCC(=O)N2CCCCC2)c1. The van der Waals surface area contributed by atoms with Gasteiger partial charge in [0.15, 0.2) is 0 Å². The third-order valence-electron chi connectivity index (χ3n) is 3.49. The Bertz CT molecular complexity index is 397. The maximum absolute atomic E-state index is 12.0. The molecule has 1 aromatic carbocycles. The van der Waals surface area contributed by atoms with E-state index in [0.29, 0.717) is 6.54 Å². The van der Waals surface area contributed by atoms with Crippen LogP contribution in [-0.2, 0) is 11.2 Å². The number of piperidine rings is 1. The number of hydrogen-bond acceptors (Lipinski definition) is 2. The van der Waals surface area contributed by atoms with Crippen molar-refractivity contribution >= 4 is 11.6 Å². The molecule has 0 atom stereocenters. The molecule has 0 unspecified atom stereocenters. The van der Waals surface area contributed by atoms with Gasteiger partial charge in [-0.1, -0.05) is 19.1 Å². The quantitative estimate of drug-likeness (QED) is 0.886. The van der Waals surface area contributed by atoms with Crippen molar-refractivity contribution in [1.82, 2.24) is 4.90 Å². The summed E-state index contributed by atoms with van der Waals surface area (Å²) in [6.07, 6.45) is 4.58. The maximum Gasteiger partial charge on any atom is 0.241 e. The van der Waals surface area contributed by atoms with E-state index in [9.17, 15) is 4.79 Å². The van der Waals surface area contributed by atoms with Gasteiger partial charge in [0.1, 0.15) is 0 Å². The first kappa shape index (κ1) is 12.9. The Morgan fingerprint density at radius 3 is 2.78 bits per heavy atom. The maximum atomic E-state index is 12.0. The number of nitrogens with zero attached hydrogens (tertiary/aromatic N) is 1. The number of anilines is 1. The fourth-order valence-electron chi connectivity index (χ4n) is 2.33. The molecule has 3 heteroatoms. The molecule has 2 rings (SSSR count). The molecule has 0 bridgehead atoms. The molecule has 1 aliphatic heterocycles. The zero-order valence-corrected chi connectivity index (χ0v) is 11.1. The summed E-state index contributed by atoms with van der Waals surface area (Å²) >= 11 is 0. The highest BCUT2D eigenvalue weighted by molar-refractivity contribution is 5.81. The van der Waals surface area contributed by atoms with Gasteiger partial charge in [-0.2, -0.15) is 0 Å². The van der Waals surface area contributed by atoms with Crippen molar-refractivity contribution in [3.8, 4) is 0 Å². The highest BCUT2D eigenvalue weighted by Crippen LogP contribution is 2.12. The summed E-state index contributed by atoms with van der Waals surface area (Å²) in [5.41, 5.74) is 2.34. The number of carbonyl (C=O) groups is 1. The van der Waals surface area contributed by atoms with Crippen LogP contribution in [0.2, 0.25) is 0 Å². The van der Waals surface area contributed by atoms with Gasteiger partial charge in [-0.05, 0) is 43.4 Å². The lowest BCUT2D eigenvalue weighted by Gasteiger charge is -2.26. The van der Waals surface area contributed by atoms with Crippen LogP contribution in [0, 0.1) is 0 Å². The van der Waals surface area contributed by atoms with Gasteiger partial charge in [-0.25, -0.2) is 0 Å². The first-order valence-electron chi connectivity index (χ1n) is 6.90. The molecular weight excluding hydrogens is 224 g/mol. The molecule has 0 saturated carbocycles. The van der Waals surface area contributed by atoms with Gasteiger partial charge >= 0.3 is 0 Å². The van der Waals surface area contributed by atoms with Crippen LogP contribution in [0.15, 0.2) is 24.3 Å². The number of benzene rings is 1. The minimum absolute atomic E-state index is 0.219. The minimum Gasteiger partial charge on any atom is -0.376 e. The number of aryl methyl sites for hydroxylation is 1. The van der Waals surface area contributed by atoms with E-state index in [-0.39, 0.29) is 5.91 Å². The van der Waals surface area contributed by atoms with Crippen LogP contribution in [0.3, 0.4) is 0 Å². The third-order valence-corrected chi connectivity index (χ3v) is 3.49. The molecule has 1 aliphatic rings. The molecule has 1 heterocycles. The Labute approximate surface area is 109 Å². The van der Waals surface area contributed by atoms with Crippen molar-refractivity contribution in [2.24, 2.45) is 0 Å². The van der Waals surface area contributed by atoms with E-state index in [1.54, 1.807) is 0 Å². The molecule has 1 fully saturated rings. The topological polar surface area (TPSA) is 32.3 Å². The lowest BCUT2D eigenvalue weighted by atomic mass is 10.1. The fourth-order valence-corrected chi connectivity index (χ4v) is 2.33. The number of likely N-dealkylation sites (tertiary alicyclic amines) is 1. The second-order valence-corrected chi connectivity index (χ2v) is 4.85. The first-order valence-corrected chi connectivity index (χ1v) is 6.90. The first-order chi connectivity index (χ1) is 8.79. The Morgan fingerprint density at radius 2 is 2.06 bits per heavy atom. The van der Waals surface area contributed by atoms with E-state index in [4.69, 9.17) is 0 Å². The van der Waals surface area contributed by atoms with Gasteiger partial charge < -0.3 is 10.2 Å². The lowest BCUT2D eigenvalue weighted by Crippen LogP contribution is -2.39. The van der Waals surface area contributed by atoms with Crippen molar-refractivity contribution in [2.45, 2.75) is 32.6 Å². The highest BCUT2D eigenvalue weighted by Gasteiger charge is 2.15. The summed E-state index contributed by atoms with van der Waals surface area (Å²) in [4.78, 5) is 14.0. The standard InChI is InChI=1S/C15H22N2O/c1-2-13-7-6-8-14(11-13)16-12-15(18)17-9-4-3-5-10-17/h6-8,11,16H,2-5,9-10,12H2,1H3. The van der Waals surface area contributed by atoms with Gasteiger partial charge in [0.25, 0.3) is 0 Å². The second-order valence-electron chi connectivity index (χ2n) is 4.85. The van der Waals surface area contributed by atoms with E-state index in [0.717, 1.165) is 38.0 Å². The normalized spacial score (nSPS) is 15.5. The average molecular weight is 246 g/mol. The third kappa shape index (κ3) is 3.49. The van der Waals surface area contributed by atoms with E-state index in [1.807, 2.05) is 17.0 Å². The largest absolute Gasteiger partial charge is 0.376 e. The molecule has 1 saturated heterocycles. The van der Waals surface area contributed by atoms with Gasteiger partial charge in [0, 0.05) is 18.8 Å². The summed E-state index contributed by atoms with van der Waals surface area (Å²) in [6.45, 7) is 4.40.